The van der Waals surface area contributed by atoms with E-state index >= 15 is 0 Å². The SMILES string of the molecule is CCNCc1cc(F)cc(Oc2ccc(F)c(F)c2)c1. The fourth-order valence-corrected chi connectivity index (χ4v) is 1.73. The van der Waals surface area contributed by atoms with Crippen molar-refractivity contribution in [1.82, 2.24) is 5.32 Å². The summed E-state index contributed by atoms with van der Waals surface area (Å²) in [6, 6.07) is 7.39. The van der Waals surface area contributed by atoms with Crippen molar-refractivity contribution in [1.29, 1.82) is 0 Å². The van der Waals surface area contributed by atoms with Gasteiger partial charge in [-0.05, 0) is 36.4 Å². The lowest BCUT2D eigenvalue weighted by atomic mass is 10.2. The van der Waals surface area contributed by atoms with Crippen LogP contribution in [0.1, 0.15) is 12.5 Å². The van der Waals surface area contributed by atoms with E-state index in [4.69, 9.17) is 4.74 Å². The van der Waals surface area contributed by atoms with Crippen LogP contribution >= 0.6 is 0 Å². The quantitative estimate of drug-likeness (QED) is 0.894. The normalized spacial score (nSPS) is 10.6. The van der Waals surface area contributed by atoms with Gasteiger partial charge in [-0.25, -0.2) is 13.2 Å². The highest BCUT2D eigenvalue weighted by Crippen LogP contribution is 2.25. The molecule has 106 valence electrons. The molecule has 0 aliphatic carbocycles. The van der Waals surface area contributed by atoms with Gasteiger partial charge in [-0.2, -0.15) is 0 Å². The molecule has 0 amide bonds. The average Bonchev–Trinajstić information content (AvgIpc) is 2.40. The van der Waals surface area contributed by atoms with Crippen LogP contribution in [-0.4, -0.2) is 6.54 Å². The van der Waals surface area contributed by atoms with Gasteiger partial charge in [0.2, 0.25) is 0 Å². The highest BCUT2D eigenvalue weighted by Gasteiger charge is 2.06. The molecule has 5 heteroatoms. The minimum atomic E-state index is -1.01. The van der Waals surface area contributed by atoms with E-state index in [0.29, 0.717) is 12.1 Å². The fraction of sp³-hybridized carbons (Fsp3) is 0.200. The van der Waals surface area contributed by atoms with Gasteiger partial charge in [0.15, 0.2) is 11.6 Å². The van der Waals surface area contributed by atoms with E-state index in [1.807, 2.05) is 6.92 Å². The molecule has 0 heterocycles. The summed E-state index contributed by atoms with van der Waals surface area (Å²) < 4.78 is 44.7. The molecule has 0 aromatic heterocycles. The lowest BCUT2D eigenvalue weighted by molar-refractivity contribution is 0.457. The van der Waals surface area contributed by atoms with Crippen molar-refractivity contribution in [3.63, 3.8) is 0 Å². The maximum atomic E-state index is 13.5. The van der Waals surface area contributed by atoms with E-state index in [1.165, 1.54) is 18.2 Å². The Morgan fingerprint density at radius 1 is 0.950 bits per heavy atom. The molecule has 0 spiro atoms. The first kappa shape index (κ1) is 14.4. The zero-order chi connectivity index (χ0) is 14.5. The molecule has 0 bridgehead atoms. The summed E-state index contributed by atoms with van der Waals surface area (Å²) in [5, 5.41) is 3.07. The predicted molar refractivity (Wildman–Crippen MR) is 70.2 cm³/mol. The largest absolute Gasteiger partial charge is 0.457 e. The molecular weight excluding hydrogens is 267 g/mol. The van der Waals surface area contributed by atoms with Gasteiger partial charge in [-0.3, -0.25) is 0 Å². The van der Waals surface area contributed by atoms with Crippen molar-refractivity contribution < 1.29 is 17.9 Å². The molecule has 0 aliphatic heterocycles. The number of nitrogens with one attached hydrogen (secondary N) is 1. The lowest BCUT2D eigenvalue weighted by Crippen LogP contribution is -2.11. The summed E-state index contributed by atoms with van der Waals surface area (Å²) in [6.07, 6.45) is 0. The zero-order valence-electron chi connectivity index (χ0n) is 10.9. The van der Waals surface area contributed by atoms with Gasteiger partial charge in [0.1, 0.15) is 17.3 Å². The van der Waals surface area contributed by atoms with Crippen LogP contribution in [0.15, 0.2) is 36.4 Å². The first-order valence-electron chi connectivity index (χ1n) is 6.21. The van der Waals surface area contributed by atoms with Gasteiger partial charge < -0.3 is 10.1 Å². The van der Waals surface area contributed by atoms with E-state index in [-0.39, 0.29) is 11.5 Å². The van der Waals surface area contributed by atoms with Gasteiger partial charge in [-0.15, -0.1) is 0 Å². The minimum absolute atomic E-state index is 0.115. The van der Waals surface area contributed by atoms with Crippen LogP contribution in [0, 0.1) is 17.5 Å². The molecule has 2 aromatic rings. The molecular formula is C15H14F3NO. The minimum Gasteiger partial charge on any atom is -0.457 e. The molecule has 0 radical (unpaired) electrons. The summed E-state index contributed by atoms with van der Waals surface area (Å²) in [5.41, 5.74) is 0.712. The second kappa shape index (κ2) is 6.43. The van der Waals surface area contributed by atoms with Crippen LogP contribution in [0.2, 0.25) is 0 Å². The molecule has 0 fully saturated rings. The Morgan fingerprint density at radius 3 is 2.45 bits per heavy atom. The Labute approximate surface area is 115 Å². The lowest BCUT2D eigenvalue weighted by Gasteiger charge is -2.09. The second-order valence-corrected chi connectivity index (χ2v) is 4.25. The van der Waals surface area contributed by atoms with Crippen molar-refractivity contribution in [2.75, 3.05) is 6.54 Å². The number of hydrogen-bond donors (Lipinski definition) is 1. The molecule has 20 heavy (non-hydrogen) atoms. The highest BCUT2D eigenvalue weighted by molar-refractivity contribution is 5.35. The van der Waals surface area contributed by atoms with Crippen LogP contribution in [0.4, 0.5) is 13.2 Å². The van der Waals surface area contributed by atoms with Crippen molar-refractivity contribution in [3.05, 3.63) is 59.4 Å². The van der Waals surface area contributed by atoms with E-state index in [2.05, 4.69) is 5.32 Å². The molecule has 0 saturated carbocycles. The average molecular weight is 281 g/mol. The number of ether oxygens (including phenoxy) is 1. The molecule has 2 nitrogen and oxygen atoms in total. The molecule has 0 saturated heterocycles. The molecule has 2 rings (SSSR count). The molecule has 0 unspecified atom stereocenters. The maximum absolute atomic E-state index is 13.5. The smallest absolute Gasteiger partial charge is 0.162 e. The van der Waals surface area contributed by atoms with Gasteiger partial charge in [0, 0.05) is 18.7 Å². The standard InChI is InChI=1S/C15H14F3NO/c1-2-19-9-10-5-11(16)7-13(6-10)20-12-3-4-14(17)15(18)8-12/h3-8,19H,2,9H2,1H3. The van der Waals surface area contributed by atoms with Gasteiger partial charge in [-0.1, -0.05) is 6.92 Å². The van der Waals surface area contributed by atoms with E-state index in [9.17, 15) is 13.2 Å². The number of halogens is 3. The van der Waals surface area contributed by atoms with Crippen molar-refractivity contribution in [2.24, 2.45) is 0 Å². The van der Waals surface area contributed by atoms with Crippen molar-refractivity contribution in [3.8, 4) is 11.5 Å². The second-order valence-electron chi connectivity index (χ2n) is 4.25. The maximum Gasteiger partial charge on any atom is 0.162 e. The third-order valence-electron chi connectivity index (χ3n) is 2.64. The van der Waals surface area contributed by atoms with Crippen LogP contribution in [0.5, 0.6) is 11.5 Å². The third kappa shape index (κ3) is 3.74. The summed E-state index contributed by atoms with van der Waals surface area (Å²) in [7, 11) is 0. The van der Waals surface area contributed by atoms with E-state index < -0.39 is 17.5 Å². The zero-order valence-corrected chi connectivity index (χ0v) is 10.9. The van der Waals surface area contributed by atoms with Crippen LogP contribution in [0.25, 0.3) is 0 Å². The van der Waals surface area contributed by atoms with Gasteiger partial charge in [0.05, 0.1) is 0 Å². The predicted octanol–water partition coefficient (Wildman–Crippen LogP) is 4.01. The van der Waals surface area contributed by atoms with Crippen molar-refractivity contribution in [2.45, 2.75) is 13.5 Å². The Bertz CT molecular complexity index is 602. The monoisotopic (exact) mass is 281 g/mol. The molecule has 2 aromatic carbocycles. The summed E-state index contributed by atoms with van der Waals surface area (Å²) in [4.78, 5) is 0. The van der Waals surface area contributed by atoms with Gasteiger partial charge in [0.25, 0.3) is 0 Å². The topological polar surface area (TPSA) is 21.3 Å². The molecule has 0 aliphatic rings. The Kier molecular flexibility index (Phi) is 4.63. The Balaban J connectivity index is 2.19. The van der Waals surface area contributed by atoms with E-state index in [1.54, 1.807) is 6.07 Å². The number of benzene rings is 2. The van der Waals surface area contributed by atoms with Crippen molar-refractivity contribution >= 4 is 0 Å². The first-order chi connectivity index (χ1) is 9.58. The fourth-order valence-electron chi connectivity index (χ4n) is 1.73. The third-order valence-corrected chi connectivity index (χ3v) is 2.64. The Hall–Kier alpha value is -2.01. The molecule has 1 N–H and O–H groups in total. The highest BCUT2D eigenvalue weighted by atomic mass is 19.2. The first-order valence-corrected chi connectivity index (χ1v) is 6.21. The number of rotatable bonds is 5. The Morgan fingerprint density at radius 2 is 1.75 bits per heavy atom. The van der Waals surface area contributed by atoms with E-state index in [0.717, 1.165) is 18.7 Å². The van der Waals surface area contributed by atoms with Crippen LogP contribution < -0.4 is 10.1 Å². The molecule has 0 atom stereocenters. The summed E-state index contributed by atoms with van der Waals surface area (Å²) in [6.45, 7) is 3.20. The summed E-state index contributed by atoms with van der Waals surface area (Å²) in [5.74, 6) is -2.05. The number of hydrogen-bond acceptors (Lipinski definition) is 2. The summed E-state index contributed by atoms with van der Waals surface area (Å²) >= 11 is 0. The van der Waals surface area contributed by atoms with Crippen LogP contribution in [0.3, 0.4) is 0 Å². The van der Waals surface area contributed by atoms with Gasteiger partial charge >= 0.3 is 0 Å². The van der Waals surface area contributed by atoms with Crippen LogP contribution in [-0.2, 0) is 6.54 Å².